The van der Waals surface area contributed by atoms with Crippen molar-refractivity contribution in [3.63, 3.8) is 0 Å². The number of amides is 4. The van der Waals surface area contributed by atoms with Gasteiger partial charge in [-0.05, 0) is 11.6 Å². The molecule has 2 aromatic rings. The molecular weight excluding hydrogens is 496 g/mol. The second kappa shape index (κ2) is 13.0. The van der Waals surface area contributed by atoms with Crippen LogP contribution in [0.25, 0.3) is 10.9 Å². The molecule has 0 saturated carbocycles. The number of fused-ring (bicyclic) bond motifs is 1. The van der Waals surface area contributed by atoms with Crippen molar-refractivity contribution in [2.45, 2.75) is 37.0 Å². The molecular formula is C21H28N6O6S2. The number of primary amides is 1. The maximum Gasteiger partial charge on any atom is 0.326 e. The van der Waals surface area contributed by atoms with Crippen molar-refractivity contribution in [1.29, 1.82) is 0 Å². The second-order valence-corrected chi connectivity index (χ2v) is 8.46. The van der Waals surface area contributed by atoms with Crippen LogP contribution in [0.2, 0.25) is 0 Å². The molecule has 0 radical (unpaired) electrons. The minimum atomic E-state index is -1.27. The van der Waals surface area contributed by atoms with Crippen LogP contribution in [0, 0.1) is 0 Å². The summed E-state index contributed by atoms with van der Waals surface area (Å²) in [5.41, 5.74) is 12.1. The number of carboxylic acids is 1. The van der Waals surface area contributed by atoms with Crippen molar-refractivity contribution in [3.05, 3.63) is 36.0 Å². The van der Waals surface area contributed by atoms with Crippen LogP contribution >= 0.6 is 25.3 Å². The van der Waals surface area contributed by atoms with E-state index < -0.39 is 60.2 Å². The van der Waals surface area contributed by atoms with E-state index >= 15 is 0 Å². The summed E-state index contributed by atoms with van der Waals surface area (Å²) < 4.78 is 0. The zero-order chi connectivity index (χ0) is 26.1. The molecule has 4 unspecified atom stereocenters. The van der Waals surface area contributed by atoms with E-state index in [9.17, 15) is 29.1 Å². The Hall–Kier alpha value is -3.23. The first kappa shape index (κ1) is 28.0. The highest BCUT2D eigenvalue weighted by Crippen LogP contribution is 2.19. The molecule has 0 bridgehead atoms. The zero-order valence-corrected chi connectivity index (χ0v) is 20.4. The summed E-state index contributed by atoms with van der Waals surface area (Å²) in [5, 5.41) is 17.6. The maximum atomic E-state index is 12.8. The summed E-state index contributed by atoms with van der Waals surface area (Å²) in [6.07, 6.45) is 1.26. The number of hydrogen-bond donors (Lipinski definition) is 9. The molecule has 0 saturated heterocycles. The molecule has 1 aromatic carbocycles. The van der Waals surface area contributed by atoms with Crippen molar-refractivity contribution in [1.82, 2.24) is 20.9 Å². The molecule has 14 heteroatoms. The molecule has 0 fully saturated rings. The number of carboxylic acid groups (broad SMARTS) is 1. The molecule has 0 aliphatic rings. The highest BCUT2D eigenvalue weighted by atomic mass is 32.1. The monoisotopic (exact) mass is 524 g/mol. The fraction of sp³-hybridized carbons (Fsp3) is 0.381. The van der Waals surface area contributed by atoms with E-state index in [-0.39, 0.29) is 17.9 Å². The minimum Gasteiger partial charge on any atom is -0.480 e. The zero-order valence-electron chi connectivity index (χ0n) is 18.6. The van der Waals surface area contributed by atoms with Crippen molar-refractivity contribution < 1.29 is 29.1 Å². The number of aromatic amines is 1. The molecule has 190 valence electrons. The van der Waals surface area contributed by atoms with Gasteiger partial charge in [0, 0.05) is 35.0 Å². The Morgan fingerprint density at radius 3 is 2.00 bits per heavy atom. The van der Waals surface area contributed by atoms with E-state index in [2.05, 4.69) is 46.2 Å². The SMILES string of the molecule is NC(=O)CC(N)C(=O)NC(CS)C(=O)NC(CS)C(=O)NC(Cc1c[nH]c2ccccc12)C(=O)O. The van der Waals surface area contributed by atoms with Crippen LogP contribution in [0.1, 0.15) is 12.0 Å². The lowest BCUT2D eigenvalue weighted by atomic mass is 10.0. The number of carbonyl (C=O) groups excluding carboxylic acids is 4. The van der Waals surface area contributed by atoms with Crippen molar-refractivity contribution in [2.75, 3.05) is 11.5 Å². The van der Waals surface area contributed by atoms with Crippen molar-refractivity contribution in [3.8, 4) is 0 Å². The number of carbonyl (C=O) groups is 5. The molecule has 1 aromatic heterocycles. The number of aliphatic carboxylic acids is 1. The lowest BCUT2D eigenvalue weighted by molar-refractivity contribution is -0.142. The van der Waals surface area contributed by atoms with Gasteiger partial charge in [0.1, 0.15) is 18.1 Å². The number of nitrogens with two attached hydrogens (primary N) is 2. The summed E-state index contributed by atoms with van der Waals surface area (Å²) in [7, 11) is 0. The number of benzene rings is 1. The molecule has 2 rings (SSSR count). The van der Waals surface area contributed by atoms with E-state index in [0.717, 1.165) is 10.9 Å². The first-order valence-corrected chi connectivity index (χ1v) is 11.8. The van der Waals surface area contributed by atoms with E-state index in [0.29, 0.717) is 5.56 Å². The standard InChI is InChI=1S/C21H28N6O6S2/c22-12(6-17(23)28)18(29)26-15(8-34)20(31)27-16(9-35)19(30)25-14(21(32)33)5-10-7-24-13-4-2-1-3-11(10)13/h1-4,7,12,14-16,24,34-35H,5-6,8-9,22H2,(H2,23,28)(H,25,30)(H,26,29)(H,27,31)(H,32,33). The van der Waals surface area contributed by atoms with E-state index in [1.165, 1.54) is 0 Å². The Kier molecular flexibility index (Phi) is 10.4. The van der Waals surface area contributed by atoms with E-state index in [4.69, 9.17) is 11.5 Å². The predicted octanol–water partition coefficient (Wildman–Crippen LogP) is -1.69. The van der Waals surface area contributed by atoms with Crippen LogP contribution in [-0.2, 0) is 30.4 Å². The molecule has 0 aliphatic carbocycles. The molecule has 0 spiro atoms. The van der Waals surface area contributed by atoms with Gasteiger partial charge < -0.3 is 37.5 Å². The van der Waals surface area contributed by atoms with Gasteiger partial charge in [0.25, 0.3) is 0 Å². The molecule has 35 heavy (non-hydrogen) atoms. The van der Waals surface area contributed by atoms with Gasteiger partial charge in [0.2, 0.25) is 23.6 Å². The average Bonchev–Trinajstić information content (AvgIpc) is 3.22. The van der Waals surface area contributed by atoms with E-state index in [1.807, 2.05) is 24.3 Å². The van der Waals surface area contributed by atoms with Gasteiger partial charge in [-0.25, -0.2) is 4.79 Å². The normalized spacial score (nSPS) is 14.4. The Morgan fingerprint density at radius 1 is 0.914 bits per heavy atom. The van der Waals surface area contributed by atoms with Crippen LogP contribution in [0.5, 0.6) is 0 Å². The molecule has 1 heterocycles. The second-order valence-electron chi connectivity index (χ2n) is 7.73. The number of para-hydroxylation sites is 1. The number of nitrogens with one attached hydrogen (secondary N) is 4. The van der Waals surface area contributed by atoms with E-state index in [1.54, 1.807) is 6.20 Å². The van der Waals surface area contributed by atoms with Crippen molar-refractivity contribution in [2.24, 2.45) is 11.5 Å². The molecule has 12 nitrogen and oxygen atoms in total. The number of rotatable bonds is 13. The summed E-state index contributed by atoms with van der Waals surface area (Å²) >= 11 is 8.10. The smallest absolute Gasteiger partial charge is 0.326 e. The lowest BCUT2D eigenvalue weighted by Crippen LogP contribution is -2.58. The summed E-state index contributed by atoms with van der Waals surface area (Å²) in [4.78, 5) is 63.2. The summed E-state index contributed by atoms with van der Waals surface area (Å²) in [6.45, 7) is 0. The van der Waals surface area contributed by atoms with Gasteiger partial charge in [-0.15, -0.1) is 0 Å². The van der Waals surface area contributed by atoms with Gasteiger partial charge in [-0.2, -0.15) is 25.3 Å². The lowest BCUT2D eigenvalue weighted by Gasteiger charge is -2.23. The number of hydrogen-bond acceptors (Lipinski definition) is 8. The summed E-state index contributed by atoms with van der Waals surface area (Å²) in [5.74, 6) is -4.66. The molecule has 0 aliphatic heterocycles. The van der Waals surface area contributed by atoms with Gasteiger partial charge in [-0.1, -0.05) is 18.2 Å². The van der Waals surface area contributed by atoms with Crippen molar-refractivity contribution >= 4 is 65.8 Å². The minimum absolute atomic E-state index is 0.00536. The van der Waals surface area contributed by atoms with Crippen LogP contribution in [-0.4, -0.2) is 75.4 Å². The number of thiol groups is 2. The van der Waals surface area contributed by atoms with Crippen LogP contribution in [0.3, 0.4) is 0 Å². The topological polar surface area (TPSA) is 209 Å². The Balaban J connectivity index is 2.03. The van der Waals surface area contributed by atoms with Gasteiger partial charge in [-0.3, -0.25) is 19.2 Å². The van der Waals surface area contributed by atoms with Crippen LogP contribution in [0.15, 0.2) is 30.5 Å². The fourth-order valence-corrected chi connectivity index (χ4v) is 3.76. The highest BCUT2D eigenvalue weighted by Gasteiger charge is 2.30. The van der Waals surface area contributed by atoms with Gasteiger partial charge >= 0.3 is 5.97 Å². The quantitative estimate of drug-likeness (QED) is 0.139. The molecule has 9 N–H and O–H groups in total. The average molecular weight is 525 g/mol. The maximum absolute atomic E-state index is 12.8. The van der Waals surface area contributed by atoms with Crippen LogP contribution in [0.4, 0.5) is 0 Å². The fourth-order valence-electron chi connectivity index (χ4n) is 3.24. The first-order valence-electron chi connectivity index (χ1n) is 10.5. The molecule has 4 atom stereocenters. The predicted molar refractivity (Wildman–Crippen MR) is 135 cm³/mol. The first-order chi connectivity index (χ1) is 16.6. The van der Waals surface area contributed by atoms with Gasteiger partial charge in [0.05, 0.1) is 12.5 Å². The number of aromatic nitrogens is 1. The molecule has 4 amide bonds. The Labute approximate surface area is 211 Å². The third kappa shape index (κ3) is 7.90. The highest BCUT2D eigenvalue weighted by molar-refractivity contribution is 7.80. The Morgan fingerprint density at radius 2 is 1.46 bits per heavy atom. The number of H-pyrrole nitrogens is 1. The third-order valence-corrected chi connectivity index (χ3v) is 5.83. The van der Waals surface area contributed by atoms with Crippen LogP contribution < -0.4 is 27.4 Å². The third-order valence-electron chi connectivity index (χ3n) is 5.10. The summed E-state index contributed by atoms with van der Waals surface area (Å²) in [6, 6.07) is 2.43. The van der Waals surface area contributed by atoms with Gasteiger partial charge in [0.15, 0.2) is 0 Å². The Bertz CT molecular complexity index is 1090. The largest absolute Gasteiger partial charge is 0.480 e.